The van der Waals surface area contributed by atoms with E-state index >= 15 is 0 Å². The SMILES string of the molecule is Cc1cccnc1Nc1ccc(C(C)C(=O)O)cc1. The van der Waals surface area contributed by atoms with Crippen LogP contribution in [0.25, 0.3) is 0 Å². The second kappa shape index (κ2) is 5.52. The Morgan fingerprint density at radius 1 is 1.26 bits per heavy atom. The third-order valence-electron chi connectivity index (χ3n) is 3.05. The van der Waals surface area contributed by atoms with E-state index in [0.717, 1.165) is 22.6 Å². The Bertz CT molecular complexity index is 579. The summed E-state index contributed by atoms with van der Waals surface area (Å²) in [5, 5.41) is 12.2. The molecule has 2 aromatic rings. The number of hydrogen-bond donors (Lipinski definition) is 2. The number of carboxylic acid groups (broad SMARTS) is 1. The van der Waals surface area contributed by atoms with Crippen molar-refractivity contribution in [1.29, 1.82) is 0 Å². The van der Waals surface area contributed by atoms with Gasteiger partial charge >= 0.3 is 5.97 Å². The third-order valence-corrected chi connectivity index (χ3v) is 3.05. The minimum absolute atomic E-state index is 0.495. The van der Waals surface area contributed by atoms with E-state index in [4.69, 9.17) is 5.11 Å². The number of pyridine rings is 1. The van der Waals surface area contributed by atoms with Gasteiger partial charge in [0.15, 0.2) is 0 Å². The van der Waals surface area contributed by atoms with Gasteiger partial charge in [-0.3, -0.25) is 4.79 Å². The molecule has 1 aromatic heterocycles. The van der Waals surface area contributed by atoms with Gasteiger partial charge in [-0.1, -0.05) is 18.2 Å². The van der Waals surface area contributed by atoms with E-state index in [0.29, 0.717) is 0 Å². The summed E-state index contributed by atoms with van der Waals surface area (Å²) in [7, 11) is 0. The first-order valence-electron chi connectivity index (χ1n) is 6.09. The molecule has 4 nitrogen and oxygen atoms in total. The Morgan fingerprint density at radius 2 is 1.95 bits per heavy atom. The van der Waals surface area contributed by atoms with Crippen LogP contribution < -0.4 is 5.32 Å². The van der Waals surface area contributed by atoms with E-state index in [1.54, 1.807) is 13.1 Å². The zero-order chi connectivity index (χ0) is 13.8. The molecule has 19 heavy (non-hydrogen) atoms. The molecule has 0 spiro atoms. The minimum atomic E-state index is -0.818. The lowest BCUT2D eigenvalue weighted by atomic mass is 10.0. The smallest absolute Gasteiger partial charge is 0.310 e. The van der Waals surface area contributed by atoms with E-state index in [1.807, 2.05) is 43.3 Å². The standard InChI is InChI=1S/C15H16N2O2/c1-10-4-3-9-16-14(10)17-13-7-5-12(6-8-13)11(2)15(18)19/h3-9,11H,1-2H3,(H,16,17)(H,18,19). The Kier molecular flexibility index (Phi) is 3.80. The van der Waals surface area contributed by atoms with Crippen molar-refractivity contribution < 1.29 is 9.90 Å². The average molecular weight is 256 g/mol. The summed E-state index contributed by atoms with van der Waals surface area (Å²) in [6, 6.07) is 11.2. The fourth-order valence-electron chi connectivity index (χ4n) is 1.75. The number of carboxylic acids is 1. The number of hydrogen-bond acceptors (Lipinski definition) is 3. The molecule has 2 N–H and O–H groups in total. The normalized spacial score (nSPS) is 11.9. The number of benzene rings is 1. The van der Waals surface area contributed by atoms with Gasteiger partial charge in [-0.05, 0) is 43.2 Å². The first-order valence-corrected chi connectivity index (χ1v) is 6.09. The fourth-order valence-corrected chi connectivity index (χ4v) is 1.75. The Labute approximate surface area is 112 Å². The van der Waals surface area contributed by atoms with Gasteiger partial charge in [-0.15, -0.1) is 0 Å². The van der Waals surface area contributed by atoms with Gasteiger partial charge < -0.3 is 10.4 Å². The summed E-state index contributed by atoms with van der Waals surface area (Å²) in [6.45, 7) is 3.66. The van der Waals surface area contributed by atoms with Crippen LogP contribution in [-0.4, -0.2) is 16.1 Å². The van der Waals surface area contributed by atoms with Crippen molar-refractivity contribution in [1.82, 2.24) is 4.98 Å². The molecular weight excluding hydrogens is 240 g/mol. The first kappa shape index (κ1) is 13.1. The van der Waals surface area contributed by atoms with Crippen LogP contribution in [0.3, 0.4) is 0 Å². The number of aliphatic carboxylic acids is 1. The van der Waals surface area contributed by atoms with Crippen molar-refractivity contribution in [3.05, 3.63) is 53.7 Å². The molecule has 0 saturated carbocycles. The maximum Gasteiger partial charge on any atom is 0.310 e. The fraction of sp³-hybridized carbons (Fsp3) is 0.200. The number of rotatable bonds is 4. The number of carbonyl (C=O) groups is 1. The zero-order valence-corrected chi connectivity index (χ0v) is 10.9. The van der Waals surface area contributed by atoms with Crippen molar-refractivity contribution in [2.45, 2.75) is 19.8 Å². The maximum atomic E-state index is 10.9. The van der Waals surface area contributed by atoms with Crippen LogP contribution in [0.15, 0.2) is 42.6 Å². The summed E-state index contributed by atoms with van der Waals surface area (Å²) in [6.07, 6.45) is 1.73. The summed E-state index contributed by atoms with van der Waals surface area (Å²) >= 11 is 0. The molecule has 0 aliphatic heterocycles. The Morgan fingerprint density at radius 3 is 2.53 bits per heavy atom. The molecule has 1 heterocycles. The third kappa shape index (κ3) is 3.10. The lowest BCUT2D eigenvalue weighted by Gasteiger charge is -2.10. The van der Waals surface area contributed by atoms with Crippen molar-refractivity contribution in [3.63, 3.8) is 0 Å². The van der Waals surface area contributed by atoms with Crippen molar-refractivity contribution in [2.75, 3.05) is 5.32 Å². The minimum Gasteiger partial charge on any atom is -0.481 e. The van der Waals surface area contributed by atoms with Crippen LogP contribution in [0.4, 0.5) is 11.5 Å². The molecule has 98 valence electrons. The first-order chi connectivity index (χ1) is 9.08. The molecule has 0 aliphatic carbocycles. The highest BCUT2D eigenvalue weighted by Gasteiger charge is 2.13. The van der Waals surface area contributed by atoms with Crippen LogP contribution in [0.5, 0.6) is 0 Å². The van der Waals surface area contributed by atoms with Crippen LogP contribution in [0, 0.1) is 6.92 Å². The molecular formula is C15H16N2O2. The lowest BCUT2D eigenvalue weighted by molar-refractivity contribution is -0.138. The second-order valence-electron chi connectivity index (χ2n) is 4.48. The monoisotopic (exact) mass is 256 g/mol. The number of aryl methyl sites for hydroxylation is 1. The lowest BCUT2D eigenvalue weighted by Crippen LogP contribution is -2.07. The van der Waals surface area contributed by atoms with E-state index in [1.165, 1.54) is 0 Å². The largest absolute Gasteiger partial charge is 0.481 e. The van der Waals surface area contributed by atoms with E-state index in [-0.39, 0.29) is 0 Å². The molecule has 0 saturated heterocycles. The average Bonchev–Trinajstić information content (AvgIpc) is 2.41. The number of aromatic nitrogens is 1. The highest BCUT2D eigenvalue weighted by molar-refractivity contribution is 5.75. The predicted molar refractivity (Wildman–Crippen MR) is 74.7 cm³/mol. The van der Waals surface area contributed by atoms with Crippen molar-refractivity contribution in [3.8, 4) is 0 Å². The van der Waals surface area contributed by atoms with Gasteiger partial charge in [-0.2, -0.15) is 0 Å². The predicted octanol–water partition coefficient (Wildman–Crippen LogP) is 3.32. The summed E-state index contributed by atoms with van der Waals surface area (Å²) < 4.78 is 0. The van der Waals surface area contributed by atoms with Crippen LogP contribution in [-0.2, 0) is 4.79 Å². The quantitative estimate of drug-likeness (QED) is 0.880. The summed E-state index contributed by atoms with van der Waals surface area (Å²) in [4.78, 5) is 15.1. The van der Waals surface area contributed by atoms with Gasteiger partial charge in [0.2, 0.25) is 0 Å². The van der Waals surface area contributed by atoms with Crippen LogP contribution in [0.1, 0.15) is 24.0 Å². The topological polar surface area (TPSA) is 62.2 Å². The number of nitrogens with zero attached hydrogens (tertiary/aromatic N) is 1. The molecule has 0 amide bonds. The van der Waals surface area contributed by atoms with Gasteiger partial charge in [0.1, 0.15) is 5.82 Å². The molecule has 0 fully saturated rings. The highest BCUT2D eigenvalue weighted by atomic mass is 16.4. The van der Waals surface area contributed by atoms with Crippen molar-refractivity contribution >= 4 is 17.5 Å². The molecule has 0 radical (unpaired) electrons. The maximum absolute atomic E-state index is 10.9. The summed E-state index contributed by atoms with van der Waals surface area (Å²) in [5.41, 5.74) is 2.74. The zero-order valence-electron chi connectivity index (χ0n) is 10.9. The number of nitrogens with one attached hydrogen (secondary N) is 1. The molecule has 1 atom stereocenters. The van der Waals surface area contributed by atoms with Crippen LogP contribution in [0.2, 0.25) is 0 Å². The number of anilines is 2. The van der Waals surface area contributed by atoms with Gasteiger partial charge in [0, 0.05) is 11.9 Å². The molecule has 0 bridgehead atoms. The van der Waals surface area contributed by atoms with Gasteiger partial charge in [-0.25, -0.2) is 4.98 Å². The molecule has 1 aromatic carbocycles. The van der Waals surface area contributed by atoms with Crippen molar-refractivity contribution in [2.24, 2.45) is 0 Å². The molecule has 1 unspecified atom stereocenters. The molecule has 4 heteroatoms. The Hall–Kier alpha value is -2.36. The van der Waals surface area contributed by atoms with E-state index < -0.39 is 11.9 Å². The van der Waals surface area contributed by atoms with Crippen LogP contribution >= 0.6 is 0 Å². The second-order valence-corrected chi connectivity index (χ2v) is 4.48. The summed E-state index contributed by atoms with van der Waals surface area (Å²) in [5.74, 6) is -0.506. The highest BCUT2D eigenvalue weighted by Crippen LogP contribution is 2.21. The van der Waals surface area contributed by atoms with E-state index in [9.17, 15) is 4.79 Å². The van der Waals surface area contributed by atoms with Gasteiger partial charge in [0.05, 0.1) is 5.92 Å². The Balaban J connectivity index is 2.15. The molecule has 0 aliphatic rings. The molecule has 2 rings (SSSR count). The van der Waals surface area contributed by atoms with E-state index in [2.05, 4.69) is 10.3 Å². The van der Waals surface area contributed by atoms with Gasteiger partial charge in [0.25, 0.3) is 0 Å².